The second kappa shape index (κ2) is 4.41. The highest BCUT2D eigenvalue weighted by atomic mass is 35.5. The van der Waals surface area contributed by atoms with Crippen molar-refractivity contribution < 1.29 is 0 Å². The topological polar surface area (TPSA) is 43.8 Å². The molecule has 0 fully saturated rings. The Morgan fingerprint density at radius 2 is 1.76 bits per heavy atom. The summed E-state index contributed by atoms with van der Waals surface area (Å²) in [5.41, 5.74) is 10.3. The van der Waals surface area contributed by atoms with Crippen LogP contribution in [0.4, 0.5) is 5.82 Å². The smallest absolute Gasteiger partial charge is 0.141 e. The SMILES string of the molecule is Cc1cc(C)cc(Cn2nc(C)c(Cl)c2N)c1. The molecule has 0 unspecified atom stereocenters. The van der Waals surface area contributed by atoms with Crippen molar-refractivity contribution in [2.75, 3.05) is 5.73 Å². The number of anilines is 1. The number of nitrogens with zero attached hydrogens (tertiary/aromatic N) is 2. The van der Waals surface area contributed by atoms with E-state index in [-0.39, 0.29) is 0 Å². The van der Waals surface area contributed by atoms with Crippen LogP contribution in [0.3, 0.4) is 0 Å². The van der Waals surface area contributed by atoms with Crippen molar-refractivity contribution in [1.82, 2.24) is 9.78 Å². The van der Waals surface area contributed by atoms with Crippen LogP contribution >= 0.6 is 11.6 Å². The zero-order valence-electron chi connectivity index (χ0n) is 10.3. The fraction of sp³-hybridized carbons (Fsp3) is 0.308. The maximum Gasteiger partial charge on any atom is 0.141 e. The van der Waals surface area contributed by atoms with E-state index in [4.69, 9.17) is 17.3 Å². The third-order valence-corrected chi connectivity index (χ3v) is 3.17. The molecule has 0 atom stereocenters. The van der Waals surface area contributed by atoms with Gasteiger partial charge in [-0.15, -0.1) is 0 Å². The third-order valence-electron chi connectivity index (χ3n) is 2.71. The van der Waals surface area contributed by atoms with Crippen molar-refractivity contribution in [2.24, 2.45) is 0 Å². The second-order valence-electron chi connectivity index (χ2n) is 4.44. The minimum absolute atomic E-state index is 0.531. The lowest BCUT2D eigenvalue weighted by atomic mass is 10.1. The monoisotopic (exact) mass is 249 g/mol. The van der Waals surface area contributed by atoms with Gasteiger partial charge in [-0.25, -0.2) is 4.68 Å². The van der Waals surface area contributed by atoms with Gasteiger partial charge in [0.1, 0.15) is 10.8 Å². The molecule has 0 bridgehead atoms. The standard InChI is InChI=1S/C13H16ClN3/c1-8-4-9(2)6-11(5-8)7-17-13(15)12(14)10(3)16-17/h4-6H,7,15H2,1-3H3. The molecule has 2 N–H and O–H groups in total. The average molecular weight is 250 g/mol. The Kier molecular flexibility index (Phi) is 3.11. The molecular weight excluding hydrogens is 234 g/mol. The highest BCUT2D eigenvalue weighted by molar-refractivity contribution is 6.33. The molecule has 0 aliphatic rings. The summed E-state index contributed by atoms with van der Waals surface area (Å²) in [7, 11) is 0. The van der Waals surface area contributed by atoms with Gasteiger partial charge in [-0.1, -0.05) is 40.9 Å². The second-order valence-corrected chi connectivity index (χ2v) is 4.82. The van der Waals surface area contributed by atoms with Crippen LogP contribution in [0.15, 0.2) is 18.2 Å². The maximum atomic E-state index is 6.02. The molecule has 0 saturated carbocycles. The fourth-order valence-electron chi connectivity index (χ4n) is 2.03. The van der Waals surface area contributed by atoms with Gasteiger partial charge >= 0.3 is 0 Å². The first-order chi connectivity index (χ1) is 7.97. The molecule has 4 heteroatoms. The Bertz CT molecular complexity index is 538. The first-order valence-electron chi connectivity index (χ1n) is 5.53. The highest BCUT2D eigenvalue weighted by Gasteiger charge is 2.10. The first-order valence-corrected chi connectivity index (χ1v) is 5.90. The molecule has 2 aromatic rings. The van der Waals surface area contributed by atoms with Gasteiger partial charge in [0.25, 0.3) is 0 Å². The molecule has 1 heterocycles. The van der Waals surface area contributed by atoms with Crippen LogP contribution in [0.5, 0.6) is 0 Å². The van der Waals surface area contributed by atoms with Gasteiger partial charge in [0.2, 0.25) is 0 Å². The molecule has 1 aromatic heterocycles. The summed E-state index contributed by atoms with van der Waals surface area (Å²) in [6.07, 6.45) is 0. The summed E-state index contributed by atoms with van der Waals surface area (Å²) in [6.45, 7) is 6.68. The molecule has 90 valence electrons. The third kappa shape index (κ3) is 2.44. The lowest BCUT2D eigenvalue weighted by Gasteiger charge is -2.07. The van der Waals surface area contributed by atoms with E-state index in [1.165, 1.54) is 16.7 Å². The summed E-state index contributed by atoms with van der Waals surface area (Å²) in [6, 6.07) is 6.42. The number of aromatic nitrogens is 2. The number of benzene rings is 1. The predicted octanol–water partition coefficient (Wildman–Crippen LogP) is 3.09. The molecule has 0 saturated heterocycles. The number of nitrogens with two attached hydrogens (primary N) is 1. The van der Waals surface area contributed by atoms with Gasteiger partial charge in [0.15, 0.2) is 0 Å². The molecular formula is C13H16ClN3. The molecule has 0 aliphatic carbocycles. The number of halogens is 1. The van der Waals surface area contributed by atoms with Crippen LogP contribution in [-0.4, -0.2) is 9.78 Å². The molecule has 0 aliphatic heterocycles. The van der Waals surface area contributed by atoms with E-state index in [9.17, 15) is 0 Å². The van der Waals surface area contributed by atoms with Gasteiger partial charge in [0.05, 0.1) is 12.2 Å². The van der Waals surface area contributed by atoms with E-state index < -0.39 is 0 Å². The fourth-order valence-corrected chi connectivity index (χ4v) is 2.17. The Balaban J connectivity index is 2.34. The van der Waals surface area contributed by atoms with Gasteiger partial charge in [0, 0.05) is 0 Å². The average Bonchev–Trinajstić information content (AvgIpc) is 2.45. The van der Waals surface area contributed by atoms with Crippen molar-refractivity contribution in [3.8, 4) is 0 Å². The van der Waals surface area contributed by atoms with Crippen molar-refractivity contribution in [3.63, 3.8) is 0 Å². The minimum Gasteiger partial charge on any atom is -0.383 e. The van der Waals surface area contributed by atoms with Gasteiger partial charge in [-0.2, -0.15) is 5.10 Å². The number of hydrogen-bond donors (Lipinski definition) is 1. The number of rotatable bonds is 2. The Labute approximate surface area is 106 Å². The maximum absolute atomic E-state index is 6.02. The molecule has 17 heavy (non-hydrogen) atoms. The molecule has 0 radical (unpaired) electrons. The molecule has 0 spiro atoms. The molecule has 3 nitrogen and oxygen atoms in total. The van der Waals surface area contributed by atoms with Crippen LogP contribution in [0.2, 0.25) is 5.02 Å². The Morgan fingerprint density at radius 1 is 1.18 bits per heavy atom. The van der Waals surface area contributed by atoms with Gasteiger partial charge < -0.3 is 5.73 Å². The zero-order chi connectivity index (χ0) is 12.6. The van der Waals surface area contributed by atoms with Crippen LogP contribution in [0.25, 0.3) is 0 Å². The Hall–Kier alpha value is -1.48. The van der Waals surface area contributed by atoms with E-state index in [2.05, 4.69) is 37.1 Å². The zero-order valence-corrected chi connectivity index (χ0v) is 11.0. The molecule has 2 rings (SSSR count). The highest BCUT2D eigenvalue weighted by Crippen LogP contribution is 2.23. The van der Waals surface area contributed by atoms with Crippen molar-refractivity contribution in [2.45, 2.75) is 27.3 Å². The van der Waals surface area contributed by atoms with Crippen molar-refractivity contribution >= 4 is 17.4 Å². The van der Waals surface area contributed by atoms with Gasteiger partial charge in [-0.3, -0.25) is 0 Å². The van der Waals surface area contributed by atoms with Crippen LogP contribution in [-0.2, 0) is 6.54 Å². The summed E-state index contributed by atoms with van der Waals surface area (Å²) >= 11 is 6.02. The number of hydrogen-bond acceptors (Lipinski definition) is 2. The van der Waals surface area contributed by atoms with E-state index in [1.807, 2.05) is 6.92 Å². The van der Waals surface area contributed by atoms with Gasteiger partial charge in [-0.05, 0) is 26.3 Å². The number of aryl methyl sites for hydroxylation is 3. The van der Waals surface area contributed by atoms with Crippen LogP contribution < -0.4 is 5.73 Å². The largest absolute Gasteiger partial charge is 0.383 e. The first kappa shape index (κ1) is 12.0. The molecule has 1 aromatic carbocycles. The number of nitrogen functional groups attached to an aromatic ring is 1. The normalized spacial score (nSPS) is 10.8. The Morgan fingerprint density at radius 3 is 2.24 bits per heavy atom. The van der Waals surface area contributed by atoms with Crippen molar-refractivity contribution in [1.29, 1.82) is 0 Å². The van der Waals surface area contributed by atoms with E-state index in [1.54, 1.807) is 4.68 Å². The van der Waals surface area contributed by atoms with Crippen LogP contribution in [0, 0.1) is 20.8 Å². The lowest BCUT2D eigenvalue weighted by molar-refractivity contribution is 0.688. The van der Waals surface area contributed by atoms with E-state index in [0.29, 0.717) is 17.4 Å². The minimum atomic E-state index is 0.531. The summed E-state index contributed by atoms with van der Waals surface area (Å²) in [4.78, 5) is 0. The summed E-state index contributed by atoms with van der Waals surface area (Å²) in [5.74, 6) is 0.531. The van der Waals surface area contributed by atoms with Crippen molar-refractivity contribution in [3.05, 3.63) is 45.6 Å². The summed E-state index contributed by atoms with van der Waals surface area (Å²) < 4.78 is 1.74. The summed E-state index contributed by atoms with van der Waals surface area (Å²) in [5, 5.41) is 4.87. The molecule has 0 amide bonds. The lowest BCUT2D eigenvalue weighted by Crippen LogP contribution is -2.06. The predicted molar refractivity (Wildman–Crippen MR) is 71.4 cm³/mol. The van der Waals surface area contributed by atoms with E-state index >= 15 is 0 Å². The quantitative estimate of drug-likeness (QED) is 0.889. The van der Waals surface area contributed by atoms with E-state index in [0.717, 1.165) is 5.69 Å². The van der Waals surface area contributed by atoms with Crippen LogP contribution in [0.1, 0.15) is 22.4 Å².